The van der Waals surface area contributed by atoms with Crippen molar-refractivity contribution in [2.75, 3.05) is 20.1 Å². The molecule has 66 valence electrons. The number of hydrogen-bond acceptors (Lipinski definition) is 2. The van der Waals surface area contributed by atoms with Crippen LogP contribution in [0.1, 0.15) is 26.2 Å². The van der Waals surface area contributed by atoms with Gasteiger partial charge in [0.25, 0.3) is 0 Å². The number of hydrogen-bond donors (Lipinski definition) is 2. The van der Waals surface area contributed by atoms with Gasteiger partial charge in [-0.3, -0.25) is 5.41 Å². The molecule has 1 saturated heterocycles. The van der Waals surface area contributed by atoms with Crippen molar-refractivity contribution in [3.8, 4) is 0 Å². The molecule has 0 bridgehead atoms. The number of likely N-dealkylation sites (tertiary alicyclic amines) is 1. The summed E-state index contributed by atoms with van der Waals surface area (Å²) in [6, 6.07) is 0. The number of amidine groups is 1. The average Bonchev–Trinajstić information content (AvgIpc) is 2.41. The highest BCUT2D eigenvalue weighted by molar-refractivity contribution is 5.76. The van der Waals surface area contributed by atoms with E-state index >= 15 is 0 Å². The molecule has 0 amide bonds. The summed E-state index contributed by atoms with van der Waals surface area (Å²) in [6.45, 7) is 4.49. The molecule has 0 aromatic carbocycles. The van der Waals surface area contributed by atoms with Gasteiger partial charge in [0.05, 0.1) is 5.84 Å². The van der Waals surface area contributed by atoms with Crippen molar-refractivity contribution in [2.45, 2.75) is 26.2 Å². The second-order valence-corrected chi connectivity index (χ2v) is 2.89. The first-order valence-corrected chi connectivity index (χ1v) is 4.18. The molecule has 11 heavy (non-hydrogen) atoms. The topological polar surface area (TPSA) is 53.1 Å². The lowest BCUT2D eigenvalue weighted by Crippen LogP contribution is -2.10. The van der Waals surface area contributed by atoms with E-state index in [1.54, 1.807) is 0 Å². The molecule has 0 aliphatic carbocycles. The maximum atomic E-state index is 6.52. The van der Waals surface area contributed by atoms with Gasteiger partial charge >= 0.3 is 0 Å². The van der Waals surface area contributed by atoms with Crippen LogP contribution in [0, 0.1) is 5.41 Å². The van der Waals surface area contributed by atoms with E-state index in [1.165, 1.54) is 25.9 Å². The van der Waals surface area contributed by atoms with Gasteiger partial charge in [-0.25, -0.2) is 0 Å². The third kappa shape index (κ3) is 7.33. The Hall–Kier alpha value is -0.570. The Bertz CT molecular complexity index is 106. The van der Waals surface area contributed by atoms with Crippen LogP contribution in [0.3, 0.4) is 0 Å². The Morgan fingerprint density at radius 2 is 1.82 bits per heavy atom. The Labute approximate surface area is 69.1 Å². The first kappa shape index (κ1) is 10.4. The Morgan fingerprint density at radius 1 is 1.45 bits per heavy atom. The second kappa shape index (κ2) is 6.16. The van der Waals surface area contributed by atoms with Crippen LogP contribution < -0.4 is 5.73 Å². The molecule has 3 N–H and O–H groups in total. The maximum Gasteiger partial charge on any atom is 0.0902 e. The molecule has 3 nitrogen and oxygen atoms in total. The predicted octanol–water partition coefficient (Wildman–Crippen LogP) is 1.04. The van der Waals surface area contributed by atoms with Crippen molar-refractivity contribution < 1.29 is 0 Å². The van der Waals surface area contributed by atoms with Gasteiger partial charge in [0.15, 0.2) is 0 Å². The Balaban J connectivity index is 0.000000187. The van der Waals surface area contributed by atoms with Gasteiger partial charge in [0, 0.05) is 6.42 Å². The summed E-state index contributed by atoms with van der Waals surface area (Å²) in [6.07, 6.45) is 3.49. The van der Waals surface area contributed by atoms with E-state index in [0.717, 1.165) is 0 Å². The van der Waals surface area contributed by atoms with E-state index in [-0.39, 0.29) is 5.84 Å². The predicted molar refractivity (Wildman–Crippen MR) is 48.9 cm³/mol. The van der Waals surface area contributed by atoms with E-state index in [1.807, 2.05) is 6.92 Å². The highest BCUT2D eigenvalue weighted by Crippen LogP contribution is 2.01. The fraction of sp³-hybridized carbons (Fsp3) is 0.875. The number of nitrogens with zero attached hydrogens (tertiary/aromatic N) is 1. The summed E-state index contributed by atoms with van der Waals surface area (Å²) in [5.41, 5.74) is 4.88. The Morgan fingerprint density at radius 3 is 1.91 bits per heavy atom. The summed E-state index contributed by atoms with van der Waals surface area (Å²) in [7, 11) is 2.17. The van der Waals surface area contributed by atoms with Crippen LogP contribution in [0.4, 0.5) is 0 Å². The molecular weight excluding hydrogens is 138 g/mol. The molecule has 0 saturated carbocycles. The summed E-state index contributed by atoms with van der Waals surface area (Å²) >= 11 is 0. The van der Waals surface area contributed by atoms with Gasteiger partial charge in [-0.1, -0.05) is 6.92 Å². The molecule has 3 heteroatoms. The molecule has 1 fully saturated rings. The van der Waals surface area contributed by atoms with Crippen molar-refractivity contribution in [3.05, 3.63) is 0 Å². The van der Waals surface area contributed by atoms with Crippen molar-refractivity contribution in [1.29, 1.82) is 5.41 Å². The highest BCUT2D eigenvalue weighted by atomic mass is 15.1. The van der Waals surface area contributed by atoms with E-state index < -0.39 is 0 Å². The number of nitrogens with one attached hydrogen (secondary N) is 1. The van der Waals surface area contributed by atoms with Gasteiger partial charge in [-0.05, 0) is 33.0 Å². The smallest absolute Gasteiger partial charge is 0.0902 e. The van der Waals surface area contributed by atoms with E-state index in [2.05, 4.69) is 11.9 Å². The minimum Gasteiger partial charge on any atom is -0.388 e. The molecule has 0 unspecified atom stereocenters. The molecule has 1 rings (SSSR count). The fourth-order valence-corrected chi connectivity index (χ4v) is 0.875. The zero-order valence-corrected chi connectivity index (χ0v) is 7.56. The molecule has 1 heterocycles. The molecule has 0 aromatic heterocycles. The van der Waals surface area contributed by atoms with Crippen molar-refractivity contribution in [1.82, 2.24) is 4.90 Å². The van der Waals surface area contributed by atoms with E-state index in [9.17, 15) is 0 Å². The SMILES string of the molecule is CCC(=N)N.CN1CCCC1. The van der Waals surface area contributed by atoms with Crippen LogP contribution >= 0.6 is 0 Å². The van der Waals surface area contributed by atoms with Crippen LogP contribution in [-0.2, 0) is 0 Å². The lowest BCUT2D eigenvalue weighted by atomic mass is 10.4. The maximum absolute atomic E-state index is 6.52. The van der Waals surface area contributed by atoms with Crippen molar-refractivity contribution in [3.63, 3.8) is 0 Å². The third-order valence-electron chi connectivity index (χ3n) is 1.71. The molecule has 1 aliphatic heterocycles. The van der Waals surface area contributed by atoms with Crippen LogP contribution in [0.15, 0.2) is 0 Å². The zero-order valence-electron chi connectivity index (χ0n) is 7.56. The molecule has 1 aliphatic rings. The summed E-state index contributed by atoms with van der Waals surface area (Å²) in [5.74, 6) is 0.255. The summed E-state index contributed by atoms with van der Waals surface area (Å²) in [5, 5.41) is 6.52. The Kier molecular flexibility index (Phi) is 5.84. The largest absolute Gasteiger partial charge is 0.388 e. The first-order valence-electron chi connectivity index (χ1n) is 4.18. The van der Waals surface area contributed by atoms with Crippen LogP contribution in [0.25, 0.3) is 0 Å². The molecule has 0 aromatic rings. The van der Waals surface area contributed by atoms with Crippen molar-refractivity contribution >= 4 is 5.84 Å². The van der Waals surface area contributed by atoms with Gasteiger partial charge in [-0.2, -0.15) is 0 Å². The van der Waals surface area contributed by atoms with E-state index in [0.29, 0.717) is 6.42 Å². The lowest BCUT2D eigenvalue weighted by molar-refractivity contribution is 0.418. The fourth-order valence-electron chi connectivity index (χ4n) is 0.875. The molecule has 0 spiro atoms. The van der Waals surface area contributed by atoms with Crippen LogP contribution in [0.5, 0.6) is 0 Å². The van der Waals surface area contributed by atoms with Crippen LogP contribution in [-0.4, -0.2) is 30.9 Å². The standard InChI is InChI=1S/C5H11N.C3H8N2/c1-6-4-2-3-5-6;1-2-3(4)5/h2-5H2,1H3;2H2,1H3,(H3,4,5). The van der Waals surface area contributed by atoms with Gasteiger partial charge in [0.2, 0.25) is 0 Å². The van der Waals surface area contributed by atoms with Gasteiger partial charge in [-0.15, -0.1) is 0 Å². The minimum absolute atomic E-state index is 0.255. The zero-order chi connectivity index (χ0) is 8.69. The molecule has 0 atom stereocenters. The second-order valence-electron chi connectivity index (χ2n) is 2.89. The first-order chi connectivity index (χ1) is 5.16. The molecular formula is C8H19N3. The quantitative estimate of drug-likeness (QED) is 0.441. The average molecular weight is 157 g/mol. The monoisotopic (exact) mass is 157 g/mol. The normalized spacial score (nSPS) is 17.3. The minimum atomic E-state index is 0.255. The van der Waals surface area contributed by atoms with E-state index in [4.69, 9.17) is 11.1 Å². The summed E-state index contributed by atoms with van der Waals surface area (Å²) < 4.78 is 0. The highest BCUT2D eigenvalue weighted by Gasteiger charge is 2.03. The number of nitrogens with two attached hydrogens (primary N) is 1. The number of rotatable bonds is 1. The third-order valence-corrected chi connectivity index (χ3v) is 1.71. The van der Waals surface area contributed by atoms with Crippen LogP contribution in [0.2, 0.25) is 0 Å². The van der Waals surface area contributed by atoms with Gasteiger partial charge < -0.3 is 10.6 Å². The van der Waals surface area contributed by atoms with Gasteiger partial charge in [0.1, 0.15) is 0 Å². The lowest BCUT2D eigenvalue weighted by Gasteiger charge is -2.01. The summed E-state index contributed by atoms with van der Waals surface area (Å²) in [4.78, 5) is 2.36. The van der Waals surface area contributed by atoms with Crippen molar-refractivity contribution in [2.24, 2.45) is 5.73 Å². The molecule has 0 radical (unpaired) electrons.